The molecule has 1 aromatic carbocycles. The van der Waals surface area contributed by atoms with Crippen LogP contribution in [0.15, 0.2) is 46.2 Å². The Kier molecular flexibility index (Phi) is 7.03. The van der Waals surface area contributed by atoms with Crippen molar-refractivity contribution in [2.75, 3.05) is 13.2 Å². The van der Waals surface area contributed by atoms with Crippen molar-refractivity contribution in [2.24, 2.45) is 11.7 Å². The number of carbonyl (C=O) groups is 2. The molecule has 0 aliphatic carbocycles. The number of para-hydroxylation sites is 2. The van der Waals surface area contributed by atoms with Crippen LogP contribution in [0, 0.1) is 5.92 Å². The molecule has 1 aliphatic rings. The number of nitrogens with zero attached hydrogens (tertiary/aromatic N) is 1. The van der Waals surface area contributed by atoms with Crippen molar-refractivity contribution >= 4 is 34.1 Å². The molecule has 32 heavy (non-hydrogen) atoms. The van der Waals surface area contributed by atoms with Crippen molar-refractivity contribution < 1.29 is 18.7 Å². The zero-order valence-electron chi connectivity index (χ0n) is 18.2. The highest BCUT2D eigenvalue weighted by Crippen LogP contribution is 2.33. The minimum atomic E-state index is -1.25. The first-order chi connectivity index (χ1) is 15.5. The fourth-order valence-corrected chi connectivity index (χ4v) is 5.32. The molecule has 0 spiro atoms. The molecule has 0 radical (unpaired) electrons. The Bertz CT molecular complexity index is 1030. The van der Waals surface area contributed by atoms with E-state index in [1.807, 2.05) is 36.6 Å². The maximum atomic E-state index is 13.8. The number of amides is 1. The number of hydrogen-bond acceptors (Lipinski definition) is 7. The Morgan fingerprint density at radius 2 is 2.03 bits per heavy atom. The molecule has 4 rings (SSSR count). The fraction of sp³-hybridized carbons (Fsp3) is 0.458. The van der Waals surface area contributed by atoms with Gasteiger partial charge in [0.05, 0.1) is 5.92 Å². The van der Waals surface area contributed by atoms with Crippen LogP contribution in [0.3, 0.4) is 0 Å². The molecule has 3 heterocycles. The van der Waals surface area contributed by atoms with Crippen molar-refractivity contribution in [1.82, 2.24) is 10.3 Å². The number of benzene rings is 1. The number of primary amides is 1. The van der Waals surface area contributed by atoms with E-state index in [1.165, 1.54) is 0 Å². The molecule has 1 saturated heterocycles. The van der Waals surface area contributed by atoms with Crippen LogP contribution in [-0.2, 0) is 16.0 Å². The lowest BCUT2D eigenvalue weighted by Crippen LogP contribution is -2.66. The maximum Gasteiger partial charge on any atom is 0.264 e. The smallest absolute Gasteiger partial charge is 0.264 e. The van der Waals surface area contributed by atoms with E-state index in [2.05, 4.69) is 10.3 Å². The standard InChI is InChI=1S/C24H29N3O4S/c1-2-6-18(21(28)22-26-19-8-3-4-9-20(19)31-22)24(23(25)29,15-17-7-5-14-32-17)27-16-10-12-30-13-11-16/h3-5,7-9,14,16,18,27H,2,6,10-13,15H2,1H3,(H2,25,29)/t18-,24?/m1/s1. The van der Waals surface area contributed by atoms with Crippen LogP contribution < -0.4 is 11.1 Å². The summed E-state index contributed by atoms with van der Waals surface area (Å²) in [6.45, 7) is 3.23. The predicted molar refractivity (Wildman–Crippen MR) is 124 cm³/mol. The number of nitrogens with one attached hydrogen (secondary N) is 1. The van der Waals surface area contributed by atoms with E-state index in [-0.39, 0.29) is 17.7 Å². The summed E-state index contributed by atoms with van der Waals surface area (Å²) in [7, 11) is 0. The van der Waals surface area contributed by atoms with Crippen LogP contribution in [0.5, 0.6) is 0 Å². The van der Waals surface area contributed by atoms with Crippen molar-refractivity contribution in [3.8, 4) is 0 Å². The van der Waals surface area contributed by atoms with Gasteiger partial charge >= 0.3 is 0 Å². The number of aromatic nitrogens is 1. The summed E-state index contributed by atoms with van der Waals surface area (Å²) in [5.41, 5.74) is 6.01. The number of hydrogen-bond donors (Lipinski definition) is 2. The van der Waals surface area contributed by atoms with Gasteiger partial charge in [-0.15, -0.1) is 11.3 Å². The van der Waals surface area contributed by atoms with E-state index < -0.39 is 17.4 Å². The number of ether oxygens (including phenoxy) is 1. The molecule has 0 bridgehead atoms. The number of Topliss-reactive ketones (excluding diaryl/α,β-unsaturated/α-hetero) is 1. The van der Waals surface area contributed by atoms with Gasteiger partial charge < -0.3 is 14.9 Å². The minimum Gasteiger partial charge on any atom is -0.434 e. The first-order valence-electron chi connectivity index (χ1n) is 11.1. The summed E-state index contributed by atoms with van der Waals surface area (Å²) in [6, 6.07) is 11.2. The normalized spacial score (nSPS) is 17.8. The molecule has 1 aliphatic heterocycles. The Morgan fingerprint density at radius 1 is 1.25 bits per heavy atom. The van der Waals surface area contributed by atoms with Gasteiger partial charge in [-0.25, -0.2) is 4.98 Å². The lowest BCUT2D eigenvalue weighted by molar-refractivity contribution is -0.127. The first-order valence-corrected chi connectivity index (χ1v) is 12.0. The third-order valence-electron chi connectivity index (χ3n) is 6.15. The van der Waals surface area contributed by atoms with Crippen LogP contribution in [0.1, 0.15) is 48.2 Å². The highest BCUT2D eigenvalue weighted by Gasteiger charge is 2.50. The van der Waals surface area contributed by atoms with Gasteiger partial charge in [-0.05, 0) is 42.8 Å². The third-order valence-corrected chi connectivity index (χ3v) is 7.03. The molecule has 2 atom stereocenters. The van der Waals surface area contributed by atoms with Crippen molar-refractivity contribution in [2.45, 2.75) is 50.6 Å². The van der Waals surface area contributed by atoms with Crippen molar-refractivity contribution in [3.63, 3.8) is 0 Å². The largest absolute Gasteiger partial charge is 0.434 e. The van der Waals surface area contributed by atoms with Gasteiger partial charge in [0.1, 0.15) is 11.1 Å². The van der Waals surface area contributed by atoms with Crippen LogP contribution in [0.25, 0.3) is 11.1 Å². The molecule has 2 aromatic heterocycles. The number of nitrogens with two attached hydrogens (primary N) is 1. The molecule has 170 valence electrons. The van der Waals surface area contributed by atoms with E-state index >= 15 is 0 Å². The van der Waals surface area contributed by atoms with Gasteiger partial charge in [-0.1, -0.05) is 31.5 Å². The van der Waals surface area contributed by atoms with Gasteiger partial charge in [0.15, 0.2) is 5.58 Å². The van der Waals surface area contributed by atoms with E-state index in [4.69, 9.17) is 14.9 Å². The summed E-state index contributed by atoms with van der Waals surface area (Å²) in [5, 5.41) is 5.50. The summed E-state index contributed by atoms with van der Waals surface area (Å²) < 4.78 is 11.3. The molecular weight excluding hydrogens is 426 g/mol. The SMILES string of the molecule is CCC[C@H](C(=O)c1nc2ccccc2o1)C(Cc1cccs1)(NC1CCOCC1)C(N)=O. The Morgan fingerprint density at radius 3 is 2.69 bits per heavy atom. The fourth-order valence-electron chi connectivity index (χ4n) is 4.52. The number of ketones is 1. The molecule has 1 unspecified atom stereocenters. The van der Waals surface area contributed by atoms with Gasteiger partial charge in [0.2, 0.25) is 11.7 Å². The second kappa shape index (κ2) is 9.94. The van der Waals surface area contributed by atoms with Crippen molar-refractivity contribution in [3.05, 3.63) is 52.5 Å². The zero-order valence-corrected chi connectivity index (χ0v) is 19.0. The van der Waals surface area contributed by atoms with E-state index in [1.54, 1.807) is 23.5 Å². The number of rotatable bonds is 10. The van der Waals surface area contributed by atoms with Gasteiger partial charge in [0, 0.05) is 30.6 Å². The monoisotopic (exact) mass is 455 g/mol. The van der Waals surface area contributed by atoms with Crippen LogP contribution >= 0.6 is 11.3 Å². The molecule has 8 heteroatoms. The van der Waals surface area contributed by atoms with E-state index in [9.17, 15) is 9.59 Å². The molecule has 0 saturated carbocycles. The van der Waals surface area contributed by atoms with Crippen LogP contribution in [-0.4, -0.2) is 41.5 Å². The van der Waals surface area contributed by atoms with Gasteiger partial charge in [0.25, 0.3) is 5.89 Å². The summed E-state index contributed by atoms with van der Waals surface area (Å²) in [4.78, 5) is 32.4. The zero-order chi connectivity index (χ0) is 22.6. The summed E-state index contributed by atoms with van der Waals surface area (Å²) in [5.74, 6) is -1.50. The second-order valence-electron chi connectivity index (χ2n) is 8.31. The second-order valence-corrected chi connectivity index (χ2v) is 9.35. The molecule has 3 N–H and O–H groups in total. The van der Waals surface area contributed by atoms with E-state index in [0.29, 0.717) is 43.6 Å². The highest BCUT2D eigenvalue weighted by atomic mass is 32.1. The highest BCUT2D eigenvalue weighted by molar-refractivity contribution is 7.09. The Balaban J connectivity index is 1.76. The molecule has 1 fully saturated rings. The lowest BCUT2D eigenvalue weighted by atomic mass is 9.74. The van der Waals surface area contributed by atoms with E-state index in [0.717, 1.165) is 17.7 Å². The van der Waals surface area contributed by atoms with Crippen LogP contribution in [0.4, 0.5) is 0 Å². The van der Waals surface area contributed by atoms with Gasteiger partial charge in [-0.3, -0.25) is 14.9 Å². The molecule has 1 amide bonds. The first kappa shape index (κ1) is 22.6. The van der Waals surface area contributed by atoms with Crippen molar-refractivity contribution in [1.29, 1.82) is 0 Å². The maximum absolute atomic E-state index is 13.8. The Labute approximate surface area is 191 Å². The van der Waals surface area contributed by atoms with Crippen LogP contribution in [0.2, 0.25) is 0 Å². The number of fused-ring (bicyclic) bond motifs is 1. The topological polar surface area (TPSA) is 107 Å². The molecule has 3 aromatic rings. The predicted octanol–water partition coefficient (Wildman–Crippen LogP) is 3.72. The molecular formula is C24H29N3O4S. The third kappa shape index (κ3) is 4.62. The minimum absolute atomic E-state index is 0.0234. The average Bonchev–Trinajstić information content (AvgIpc) is 3.46. The lowest BCUT2D eigenvalue weighted by Gasteiger charge is -2.41. The van der Waals surface area contributed by atoms with Gasteiger partial charge in [-0.2, -0.15) is 0 Å². The number of carbonyl (C=O) groups excluding carboxylic acids is 2. The average molecular weight is 456 g/mol. The Hall–Kier alpha value is -2.55. The number of oxazole rings is 1. The molecule has 7 nitrogen and oxygen atoms in total. The summed E-state index contributed by atoms with van der Waals surface area (Å²) in [6.07, 6.45) is 3.06. The summed E-state index contributed by atoms with van der Waals surface area (Å²) >= 11 is 1.55. The number of thiophene rings is 1. The quantitative estimate of drug-likeness (QED) is 0.451.